The molecule has 0 aliphatic rings. The van der Waals surface area contributed by atoms with Crippen LogP contribution in [0.5, 0.6) is 0 Å². The van der Waals surface area contributed by atoms with Gasteiger partial charge in [-0.05, 0) is 38.0 Å². The summed E-state index contributed by atoms with van der Waals surface area (Å²) in [5, 5.41) is 3.34. The fraction of sp³-hybridized carbons (Fsp3) is 0.200. The Kier molecular flexibility index (Phi) is 4.75. The van der Waals surface area contributed by atoms with Gasteiger partial charge in [0, 0.05) is 18.2 Å². The molecule has 0 aliphatic carbocycles. The molecular weight excluding hydrogens is 296 g/mol. The first-order valence-corrected chi connectivity index (χ1v) is 8.11. The maximum absolute atomic E-state index is 5.89. The molecule has 0 aliphatic heterocycles. The number of nitrogens with zero attached hydrogens (tertiary/aromatic N) is 2. The first-order valence-electron chi connectivity index (χ1n) is 8.11. The summed E-state index contributed by atoms with van der Waals surface area (Å²) in [5.41, 5.74) is 11.5. The largest absolute Gasteiger partial charge is 0.370 e. The highest BCUT2D eigenvalue weighted by molar-refractivity contribution is 5.65. The van der Waals surface area contributed by atoms with E-state index in [0.29, 0.717) is 0 Å². The summed E-state index contributed by atoms with van der Waals surface area (Å²) in [6.07, 6.45) is 0.934. The lowest BCUT2D eigenvalue weighted by atomic mass is 10.0. The van der Waals surface area contributed by atoms with Gasteiger partial charge in [-0.25, -0.2) is 4.98 Å². The van der Waals surface area contributed by atoms with Crippen LogP contribution < -0.4 is 11.1 Å². The van der Waals surface area contributed by atoms with Crippen molar-refractivity contribution in [1.82, 2.24) is 9.97 Å². The van der Waals surface area contributed by atoms with Crippen molar-refractivity contribution in [2.45, 2.75) is 20.3 Å². The number of hydrogen-bond acceptors (Lipinski definition) is 4. The van der Waals surface area contributed by atoms with Crippen LogP contribution in [-0.2, 0) is 6.42 Å². The van der Waals surface area contributed by atoms with Crippen LogP contribution in [0.15, 0.2) is 54.6 Å². The highest BCUT2D eigenvalue weighted by Crippen LogP contribution is 2.23. The Morgan fingerprint density at radius 3 is 2.33 bits per heavy atom. The van der Waals surface area contributed by atoms with E-state index < -0.39 is 0 Å². The zero-order valence-corrected chi connectivity index (χ0v) is 14.1. The predicted molar refractivity (Wildman–Crippen MR) is 100.0 cm³/mol. The van der Waals surface area contributed by atoms with Crippen molar-refractivity contribution in [3.05, 3.63) is 71.3 Å². The topological polar surface area (TPSA) is 63.8 Å². The van der Waals surface area contributed by atoms with E-state index in [1.54, 1.807) is 0 Å². The Morgan fingerprint density at radius 2 is 1.62 bits per heavy atom. The Bertz CT molecular complexity index is 808. The van der Waals surface area contributed by atoms with Crippen molar-refractivity contribution in [2.75, 3.05) is 17.6 Å². The fourth-order valence-corrected chi connectivity index (χ4v) is 2.81. The van der Waals surface area contributed by atoms with Crippen LogP contribution in [0.1, 0.15) is 16.7 Å². The zero-order chi connectivity index (χ0) is 16.9. The summed E-state index contributed by atoms with van der Waals surface area (Å²) >= 11 is 0. The Balaban J connectivity index is 1.76. The Morgan fingerprint density at radius 1 is 0.917 bits per heavy atom. The van der Waals surface area contributed by atoms with E-state index in [1.165, 1.54) is 16.7 Å². The molecule has 0 fully saturated rings. The van der Waals surface area contributed by atoms with Gasteiger partial charge in [-0.2, -0.15) is 4.98 Å². The average molecular weight is 318 g/mol. The van der Waals surface area contributed by atoms with Crippen LogP contribution in [0.2, 0.25) is 0 Å². The van der Waals surface area contributed by atoms with Crippen LogP contribution in [0, 0.1) is 13.8 Å². The molecule has 0 spiro atoms. The first-order chi connectivity index (χ1) is 11.6. The number of nitrogens with two attached hydrogens (primary N) is 1. The first kappa shape index (κ1) is 16.0. The van der Waals surface area contributed by atoms with E-state index in [-0.39, 0.29) is 5.95 Å². The van der Waals surface area contributed by atoms with Gasteiger partial charge in [-0.3, -0.25) is 0 Å². The van der Waals surface area contributed by atoms with Gasteiger partial charge in [-0.15, -0.1) is 0 Å². The van der Waals surface area contributed by atoms with Crippen molar-refractivity contribution < 1.29 is 0 Å². The van der Waals surface area contributed by atoms with Crippen molar-refractivity contribution in [3.63, 3.8) is 0 Å². The number of hydrogen-bond donors (Lipinski definition) is 2. The van der Waals surface area contributed by atoms with E-state index in [1.807, 2.05) is 12.1 Å². The maximum Gasteiger partial charge on any atom is 0.222 e. The standard InChI is InChI=1S/C20H22N4/c1-14-10-15(2)12-17(11-14)18-13-19(24-20(21)23-18)22-9-8-16-6-4-3-5-7-16/h3-7,10-13H,8-9H2,1-2H3,(H3,21,22,23,24). The number of nitrogen functional groups attached to an aromatic ring is 1. The highest BCUT2D eigenvalue weighted by Gasteiger charge is 2.06. The summed E-state index contributed by atoms with van der Waals surface area (Å²) in [6, 6.07) is 18.7. The molecule has 2 aromatic carbocycles. The van der Waals surface area contributed by atoms with Gasteiger partial charge < -0.3 is 11.1 Å². The monoisotopic (exact) mass is 318 g/mol. The minimum absolute atomic E-state index is 0.286. The Hall–Kier alpha value is -2.88. The van der Waals surface area contributed by atoms with Crippen LogP contribution in [0.3, 0.4) is 0 Å². The van der Waals surface area contributed by atoms with Gasteiger partial charge in [0.15, 0.2) is 0 Å². The molecule has 4 nitrogen and oxygen atoms in total. The van der Waals surface area contributed by atoms with Gasteiger partial charge in [0.2, 0.25) is 5.95 Å². The molecule has 0 unspecified atom stereocenters. The maximum atomic E-state index is 5.89. The molecule has 3 aromatic rings. The lowest BCUT2D eigenvalue weighted by molar-refractivity contribution is 1.00. The minimum Gasteiger partial charge on any atom is -0.370 e. The summed E-state index contributed by atoms with van der Waals surface area (Å²) in [6.45, 7) is 4.97. The normalized spacial score (nSPS) is 10.6. The number of benzene rings is 2. The molecular formula is C20H22N4. The van der Waals surface area contributed by atoms with Gasteiger partial charge in [0.1, 0.15) is 5.82 Å². The molecule has 122 valence electrons. The molecule has 0 amide bonds. The molecule has 0 bridgehead atoms. The van der Waals surface area contributed by atoms with Gasteiger partial charge >= 0.3 is 0 Å². The fourth-order valence-electron chi connectivity index (χ4n) is 2.81. The number of aromatic nitrogens is 2. The van der Waals surface area contributed by atoms with Crippen LogP contribution in [0.25, 0.3) is 11.3 Å². The van der Waals surface area contributed by atoms with Crippen molar-refractivity contribution in [3.8, 4) is 11.3 Å². The summed E-state index contributed by atoms with van der Waals surface area (Å²) in [7, 11) is 0. The SMILES string of the molecule is Cc1cc(C)cc(-c2cc(NCCc3ccccc3)nc(N)n2)c1. The van der Waals surface area contributed by atoms with Crippen LogP contribution in [-0.4, -0.2) is 16.5 Å². The lowest BCUT2D eigenvalue weighted by Crippen LogP contribution is -2.08. The van der Waals surface area contributed by atoms with Crippen molar-refractivity contribution in [1.29, 1.82) is 0 Å². The third-order valence-electron chi connectivity index (χ3n) is 3.82. The summed E-state index contributed by atoms with van der Waals surface area (Å²) in [5.74, 6) is 1.04. The molecule has 3 rings (SSSR count). The summed E-state index contributed by atoms with van der Waals surface area (Å²) < 4.78 is 0. The molecule has 0 radical (unpaired) electrons. The minimum atomic E-state index is 0.286. The second-order valence-electron chi connectivity index (χ2n) is 6.04. The number of anilines is 2. The summed E-state index contributed by atoms with van der Waals surface area (Å²) in [4.78, 5) is 8.67. The number of aryl methyl sites for hydroxylation is 2. The van der Waals surface area contributed by atoms with Gasteiger partial charge in [0.05, 0.1) is 5.69 Å². The van der Waals surface area contributed by atoms with E-state index in [4.69, 9.17) is 5.73 Å². The smallest absolute Gasteiger partial charge is 0.222 e. The third kappa shape index (κ3) is 4.10. The number of rotatable bonds is 5. The molecule has 1 heterocycles. The van der Waals surface area contributed by atoms with Crippen LogP contribution in [0.4, 0.5) is 11.8 Å². The second-order valence-corrected chi connectivity index (χ2v) is 6.04. The third-order valence-corrected chi connectivity index (χ3v) is 3.82. The van der Waals surface area contributed by atoms with E-state index in [2.05, 4.69) is 71.6 Å². The molecule has 0 atom stereocenters. The van der Waals surface area contributed by atoms with Crippen LogP contribution >= 0.6 is 0 Å². The van der Waals surface area contributed by atoms with E-state index in [0.717, 1.165) is 30.0 Å². The average Bonchev–Trinajstić information content (AvgIpc) is 2.54. The lowest BCUT2D eigenvalue weighted by Gasteiger charge is -2.10. The molecule has 1 aromatic heterocycles. The van der Waals surface area contributed by atoms with Crippen molar-refractivity contribution in [2.24, 2.45) is 0 Å². The van der Waals surface area contributed by atoms with E-state index >= 15 is 0 Å². The molecule has 3 N–H and O–H groups in total. The highest BCUT2D eigenvalue weighted by atomic mass is 15.1. The second kappa shape index (κ2) is 7.13. The van der Waals surface area contributed by atoms with E-state index in [9.17, 15) is 0 Å². The van der Waals surface area contributed by atoms with Gasteiger partial charge in [0.25, 0.3) is 0 Å². The molecule has 0 saturated heterocycles. The molecule has 4 heteroatoms. The number of nitrogens with one attached hydrogen (secondary N) is 1. The predicted octanol–water partition coefficient (Wildman–Crippen LogP) is 4.00. The zero-order valence-electron chi connectivity index (χ0n) is 14.1. The molecule has 24 heavy (non-hydrogen) atoms. The quantitative estimate of drug-likeness (QED) is 0.746. The molecule has 0 saturated carbocycles. The Labute approximate surface area is 142 Å². The van der Waals surface area contributed by atoms with Crippen molar-refractivity contribution >= 4 is 11.8 Å². The van der Waals surface area contributed by atoms with Gasteiger partial charge in [-0.1, -0.05) is 47.5 Å².